The summed E-state index contributed by atoms with van der Waals surface area (Å²) in [6.07, 6.45) is 0. The fourth-order valence-corrected chi connectivity index (χ4v) is 5.92. The normalized spacial score (nSPS) is 16.7. The third-order valence-corrected chi connectivity index (χ3v) is 7.40. The molecule has 0 bridgehead atoms. The van der Waals surface area contributed by atoms with E-state index in [1.54, 1.807) is 23.5 Å². The highest BCUT2D eigenvalue weighted by Gasteiger charge is 2.39. The molecule has 1 aromatic heterocycles. The average Bonchev–Trinajstić information content (AvgIpc) is 3.51. The summed E-state index contributed by atoms with van der Waals surface area (Å²) in [5.41, 5.74) is 3.43. The van der Waals surface area contributed by atoms with Crippen LogP contribution in [0.1, 0.15) is 16.5 Å². The summed E-state index contributed by atoms with van der Waals surface area (Å²) in [5, 5.41) is 15.6. The van der Waals surface area contributed by atoms with E-state index in [9.17, 15) is 0 Å². The lowest BCUT2D eigenvalue weighted by Crippen LogP contribution is -2.29. The number of fused-ring (bicyclic) bond motifs is 3. The number of nitrogens with zero attached hydrogens (tertiary/aromatic N) is 4. The van der Waals surface area contributed by atoms with Crippen LogP contribution in [0.4, 0.5) is 0 Å². The van der Waals surface area contributed by atoms with Crippen molar-refractivity contribution in [3.05, 3.63) is 106 Å². The highest BCUT2D eigenvalue weighted by Crippen LogP contribution is 2.52. The summed E-state index contributed by atoms with van der Waals surface area (Å²) in [6.45, 7) is 0.567. The second-order valence-electron chi connectivity index (χ2n) is 7.22. The molecule has 0 N–H and O–H groups in total. The summed E-state index contributed by atoms with van der Waals surface area (Å²) in [5.74, 6) is 1.73. The van der Waals surface area contributed by atoms with E-state index >= 15 is 0 Å². The number of thioether (sulfide) groups is 2. The van der Waals surface area contributed by atoms with Crippen LogP contribution >= 0.6 is 23.5 Å². The van der Waals surface area contributed by atoms with E-state index in [0.717, 1.165) is 27.9 Å². The molecule has 0 saturated heterocycles. The smallest absolute Gasteiger partial charge is 0.217 e. The van der Waals surface area contributed by atoms with E-state index in [1.165, 1.54) is 10.6 Å². The lowest BCUT2D eigenvalue weighted by molar-refractivity contribution is 0.306. The van der Waals surface area contributed by atoms with Gasteiger partial charge in [0.05, 0.1) is 0 Å². The maximum atomic E-state index is 5.95. The number of rotatable bonds is 5. The molecule has 0 radical (unpaired) electrons. The quantitative estimate of drug-likeness (QED) is 0.388. The maximum Gasteiger partial charge on any atom is 0.217 e. The Kier molecular flexibility index (Phi) is 4.70. The second-order valence-corrected chi connectivity index (χ2v) is 9.16. The Labute approximate surface area is 188 Å². The van der Waals surface area contributed by atoms with Crippen molar-refractivity contribution in [3.8, 4) is 17.1 Å². The molecule has 0 spiro atoms. The van der Waals surface area contributed by atoms with Crippen molar-refractivity contribution in [2.24, 2.45) is 0 Å². The van der Waals surface area contributed by atoms with Crippen LogP contribution in [0.2, 0.25) is 0 Å². The molecule has 1 atom stereocenters. The fourth-order valence-electron chi connectivity index (χ4n) is 3.70. The molecule has 0 aliphatic carbocycles. The predicted molar refractivity (Wildman–Crippen MR) is 125 cm³/mol. The van der Waals surface area contributed by atoms with E-state index in [4.69, 9.17) is 4.74 Å². The molecule has 0 saturated carbocycles. The number of aromatic nitrogens is 3. The number of hydrogen-bond acceptors (Lipinski definition) is 6. The van der Waals surface area contributed by atoms with Crippen molar-refractivity contribution in [1.82, 2.24) is 14.9 Å². The third-order valence-electron chi connectivity index (χ3n) is 5.21. The van der Waals surface area contributed by atoms with E-state index in [2.05, 4.69) is 61.7 Å². The van der Waals surface area contributed by atoms with Gasteiger partial charge in [-0.25, -0.2) is 4.68 Å². The van der Waals surface area contributed by atoms with Crippen LogP contribution in [0.3, 0.4) is 0 Å². The molecule has 2 aliphatic heterocycles. The minimum absolute atomic E-state index is 0.130. The van der Waals surface area contributed by atoms with Gasteiger partial charge in [-0.1, -0.05) is 84.6 Å². The number of ether oxygens (including phenoxy) is 1. The van der Waals surface area contributed by atoms with Crippen molar-refractivity contribution in [3.63, 3.8) is 0 Å². The Morgan fingerprint density at radius 2 is 1.58 bits per heavy atom. The molecule has 0 amide bonds. The van der Waals surface area contributed by atoms with Gasteiger partial charge in [-0.2, -0.15) is 0 Å². The zero-order valence-corrected chi connectivity index (χ0v) is 18.1. The van der Waals surface area contributed by atoms with Crippen LogP contribution in [-0.2, 0) is 6.61 Å². The number of hydrogen-bond donors (Lipinski definition) is 0. The summed E-state index contributed by atoms with van der Waals surface area (Å²) >= 11 is 3.46. The highest BCUT2D eigenvalue weighted by atomic mass is 32.2. The van der Waals surface area contributed by atoms with Crippen LogP contribution in [0, 0.1) is 0 Å². The van der Waals surface area contributed by atoms with Crippen molar-refractivity contribution in [1.29, 1.82) is 0 Å². The third kappa shape index (κ3) is 3.40. The van der Waals surface area contributed by atoms with Gasteiger partial charge in [-0.15, -0.1) is 10.2 Å². The summed E-state index contributed by atoms with van der Waals surface area (Å²) in [7, 11) is 0. The van der Waals surface area contributed by atoms with Crippen molar-refractivity contribution < 1.29 is 4.74 Å². The summed E-state index contributed by atoms with van der Waals surface area (Å²) < 4.78 is 8.09. The molecule has 152 valence electrons. The van der Waals surface area contributed by atoms with Gasteiger partial charge in [0, 0.05) is 11.0 Å². The molecule has 4 aromatic rings. The summed E-state index contributed by atoms with van der Waals surface area (Å²) in [6, 6.07) is 28.8. The standard InChI is InChI=1S/C24H18N4OS2/c1-3-7-17(8-4-1)15-29-20-13-11-19(12-14-20)23-27-21(16-30-23)31-24-26-25-22(28(24)27)18-9-5-2-6-10-18/h1-14,16,23H,15H2. The molecule has 0 fully saturated rings. The SMILES string of the molecule is C1=C2Sc3nnc(-c4ccccc4)n3N2C(c2ccc(OCc3ccccc3)cc2)S1. The first kappa shape index (κ1) is 18.6. The molecule has 3 aromatic carbocycles. The van der Waals surface area contributed by atoms with Crippen LogP contribution < -0.4 is 9.75 Å². The van der Waals surface area contributed by atoms with Crippen molar-refractivity contribution in [2.75, 3.05) is 5.01 Å². The van der Waals surface area contributed by atoms with E-state index in [-0.39, 0.29) is 5.37 Å². The van der Waals surface area contributed by atoms with Gasteiger partial charge in [-0.3, -0.25) is 5.01 Å². The Morgan fingerprint density at radius 1 is 0.839 bits per heavy atom. The van der Waals surface area contributed by atoms with Crippen LogP contribution in [-0.4, -0.2) is 14.9 Å². The van der Waals surface area contributed by atoms with Crippen LogP contribution in [0.5, 0.6) is 5.75 Å². The van der Waals surface area contributed by atoms with Gasteiger partial charge in [0.25, 0.3) is 0 Å². The zero-order chi connectivity index (χ0) is 20.6. The number of benzene rings is 3. The molecule has 1 unspecified atom stereocenters. The lowest BCUT2D eigenvalue weighted by atomic mass is 10.2. The minimum atomic E-state index is 0.130. The molecular weight excluding hydrogens is 424 g/mol. The van der Waals surface area contributed by atoms with E-state index in [1.807, 2.05) is 48.5 Å². The molecular formula is C24H18N4OS2. The van der Waals surface area contributed by atoms with E-state index in [0.29, 0.717) is 6.61 Å². The van der Waals surface area contributed by atoms with Gasteiger partial charge in [0.1, 0.15) is 22.8 Å². The Balaban J connectivity index is 1.25. The zero-order valence-electron chi connectivity index (χ0n) is 16.5. The molecule has 3 heterocycles. The first-order chi connectivity index (χ1) is 15.4. The molecule has 5 nitrogen and oxygen atoms in total. The topological polar surface area (TPSA) is 43.2 Å². The highest BCUT2D eigenvalue weighted by molar-refractivity contribution is 8.07. The van der Waals surface area contributed by atoms with Crippen molar-refractivity contribution in [2.45, 2.75) is 17.1 Å². The van der Waals surface area contributed by atoms with Crippen molar-refractivity contribution >= 4 is 23.5 Å². The molecule has 7 heteroatoms. The van der Waals surface area contributed by atoms with Gasteiger partial charge in [-0.05, 0) is 35.0 Å². The molecule has 31 heavy (non-hydrogen) atoms. The lowest BCUT2D eigenvalue weighted by Gasteiger charge is -2.26. The summed E-state index contributed by atoms with van der Waals surface area (Å²) in [4.78, 5) is 0. The van der Waals surface area contributed by atoms with Crippen LogP contribution in [0.25, 0.3) is 11.4 Å². The Morgan fingerprint density at radius 3 is 2.35 bits per heavy atom. The Hall–Kier alpha value is -3.16. The molecule has 2 aliphatic rings. The van der Waals surface area contributed by atoms with Gasteiger partial charge < -0.3 is 4.74 Å². The fraction of sp³-hybridized carbons (Fsp3) is 0.0833. The predicted octanol–water partition coefficient (Wildman–Crippen LogP) is 5.81. The first-order valence-electron chi connectivity index (χ1n) is 9.97. The van der Waals surface area contributed by atoms with Crippen LogP contribution in [0.15, 0.2) is 101 Å². The Bertz CT molecular complexity index is 1240. The van der Waals surface area contributed by atoms with Gasteiger partial charge in [0.2, 0.25) is 5.16 Å². The second kappa shape index (κ2) is 7.83. The monoisotopic (exact) mass is 442 g/mol. The van der Waals surface area contributed by atoms with Gasteiger partial charge in [0.15, 0.2) is 5.82 Å². The van der Waals surface area contributed by atoms with Gasteiger partial charge >= 0.3 is 0 Å². The molecule has 6 rings (SSSR count). The largest absolute Gasteiger partial charge is 0.489 e. The first-order valence-corrected chi connectivity index (χ1v) is 11.7. The minimum Gasteiger partial charge on any atom is -0.489 e. The van der Waals surface area contributed by atoms with E-state index < -0.39 is 0 Å². The average molecular weight is 443 g/mol. The maximum absolute atomic E-state index is 5.95.